The molecule has 0 saturated carbocycles. The van der Waals surface area contributed by atoms with E-state index in [9.17, 15) is 0 Å². The maximum Gasteiger partial charge on any atom is 0.00387 e. The molecule has 2 aliphatic rings. The summed E-state index contributed by atoms with van der Waals surface area (Å²) in [6.45, 7) is 18.6. The highest BCUT2D eigenvalue weighted by Crippen LogP contribution is 2.34. The van der Waals surface area contributed by atoms with Crippen LogP contribution in [-0.2, 0) is 0 Å². The van der Waals surface area contributed by atoms with Gasteiger partial charge in [-0.3, -0.25) is 0 Å². The number of rotatable bonds is 3. The molecule has 0 amide bonds. The van der Waals surface area contributed by atoms with Crippen molar-refractivity contribution in [2.24, 2.45) is 17.3 Å². The standard InChI is InChI=1S/C18H36N2/c1-15(2)20-10-6-7-16(14-20)13-19-11-8-17(9-12-19)18(3,4)5/h15-17H,6-14H2,1-5H3. The molecular formula is C18H36N2. The Labute approximate surface area is 126 Å². The van der Waals surface area contributed by atoms with Crippen LogP contribution in [0.3, 0.4) is 0 Å². The third kappa shape index (κ3) is 4.46. The van der Waals surface area contributed by atoms with Crippen LogP contribution in [0.15, 0.2) is 0 Å². The maximum atomic E-state index is 2.75. The van der Waals surface area contributed by atoms with Gasteiger partial charge in [0.25, 0.3) is 0 Å². The first-order valence-corrected chi connectivity index (χ1v) is 8.82. The van der Waals surface area contributed by atoms with Gasteiger partial charge in [0, 0.05) is 19.1 Å². The highest BCUT2D eigenvalue weighted by atomic mass is 15.2. The molecule has 0 N–H and O–H groups in total. The molecule has 1 atom stereocenters. The molecule has 2 heterocycles. The van der Waals surface area contributed by atoms with Crippen molar-refractivity contribution in [2.45, 2.75) is 66.3 Å². The van der Waals surface area contributed by atoms with E-state index in [1.807, 2.05) is 0 Å². The third-order valence-corrected chi connectivity index (χ3v) is 5.61. The fourth-order valence-corrected chi connectivity index (χ4v) is 4.06. The minimum Gasteiger partial charge on any atom is -0.303 e. The second kappa shape index (κ2) is 6.79. The lowest BCUT2D eigenvalue weighted by molar-refractivity contribution is 0.0727. The third-order valence-electron chi connectivity index (χ3n) is 5.61. The van der Waals surface area contributed by atoms with Gasteiger partial charge in [0.1, 0.15) is 0 Å². The number of hydrogen-bond donors (Lipinski definition) is 0. The quantitative estimate of drug-likeness (QED) is 0.774. The van der Waals surface area contributed by atoms with Crippen LogP contribution in [0.4, 0.5) is 0 Å². The minimum atomic E-state index is 0.505. The molecule has 0 aromatic carbocycles. The molecule has 1 unspecified atom stereocenters. The van der Waals surface area contributed by atoms with E-state index < -0.39 is 0 Å². The van der Waals surface area contributed by atoms with Gasteiger partial charge in [0.2, 0.25) is 0 Å². The molecule has 0 aliphatic carbocycles. The van der Waals surface area contributed by atoms with Crippen molar-refractivity contribution >= 4 is 0 Å². The van der Waals surface area contributed by atoms with Crippen LogP contribution in [0.5, 0.6) is 0 Å². The van der Waals surface area contributed by atoms with E-state index in [2.05, 4.69) is 44.4 Å². The van der Waals surface area contributed by atoms with E-state index in [1.54, 1.807) is 0 Å². The average Bonchev–Trinajstić information content (AvgIpc) is 2.38. The largest absolute Gasteiger partial charge is 0.303 e. The highest BCUT2D eigenvalue weighted by Gasteiger charge is 2.30. The molecule has 2 nitrogen and oxygen atoms in total. The topological polar surface area (TPSA) is 6.48 Å². The zero-order valence-corrected chi connectivity index (χ0v) is 14.5. The van der Waals surface area contributed by atoms with Gasteiger partial charge in [0.05, 0.1) is 0 Å². The van der Waals surface area contributed by atoms with Crippen molar-refractivity contribution in [1.29, 1.82) is 0 Å². The lowest BCUT2D eigenvalue weighted by atomic mass is 9.75. The van der Waals surface area contributed by atoms with E-state index >= 15 is 0 Å². The molecule has 0 spiro atoms. The van der Waals surface area contributed by atoms with E-state index in [0.717, 1.165) is 17.9 Å². The van der Waals surface area contributed by atoms with Gasteiger partial charge >= 0.3 is 0 Å². The monoisotopic (exact) mass is 280 g/mol. The summed E-state index contributed by atoms with van der Waals surface area (Å²) in [5.41, 5.74) is 0.505. The van der Waals surface area contributed by atoms with E-state index in [-0.39, 0.29) is 0 Å². The molecule has 0 aromatic rings. The fourth-order valence-electron chi connectivity index (χ4n) is 4.06. The second-order valence-electron chi connectivity index (χ2n) is 8.54. The smallest absolute Gasteiger partial charge is 0.00387 e. The predicted octanol–water partition coefficient (Wildman–Crippen LogP) is 3.86. The Bertz CT molecular complexity index is 284. The SMILES string of the molecule is CC(C)N1CCCC(CN2CCC(C(C)(C)C)CC2)C1. The highest BCUT2D eigenvalue weighted by molar-refractivity contribution is 4.83. The van der Waals surface area contributed by atoms with Gasteiger partial charge in [0.15, 0.2) is 0 Å². The summed E-state index contributed by atoms with van der Waals surface area (Å²) in [7, 11) is 0. The zero-order valence-electron chi connectivity index (χ0n) is 14.5. The number of likely N-dealkylation sites (tertiary alicyclic amines) is 2. The van der Waals surface area contributed by atoms with Crippen molar-refractivity contribution in [3.63, 3.8) is 0 Å². The second-order valence-corrected chi connectivity index (χ2v) is 8.54. The van der Waals surface area contributed by atoms with Crippen LogP contribution in [-0.4, -0.2) is 48.6 Å². The molecule has 2 fully saturated rings. The van der Waals surface area contributed by atoms with Crippen molar-refractivity contribution in [3.05, 3.63) is 0 Å². The van der Waals surface area contributed by atoms with Gasteiger partial charge in [-0.25, -0.2) is 0 Å². The number of nitrogens with zero attached hydrogens (tertiary/aromatic N) is 2. The molecule has 2 rings (SSSR count). The number of piperidine rings is 2. The lowest BCUT2D eigenvalue weighted by Crippen LogP contribution is -2.46. The van der Waals surface area contributed by atoms with Crippen LogP contribution in [0.1, 0.15) is 60.3 Å². The van der Waals surface area contributed by atoms with Crippen molar-refractivity contribution in [2.75, 3.05) is 32.7 Å². The summed E-state index contributed by atoms with van der Waals surface area (Å²) in [5.74, 6) is 1.84. The Morgan fingerprint density at radius 2 is 1.65 bits per heavy atom. The van der Waals surface area contributed by atoms with Crippen LogP contribution in [0.25, 0.3) is 0 Å². The normalized spacial score (nSPS) is 28.2. The van der Waals surface area contributed by atoms with E-state index in [4.69, 9.17) is 0 Å². The lowest BCUT2D eigenvalue weighted by Gasteiger charge is -2.42. The molecule has 20 heavy (non-hydrogen) atoms. The first-order valence-electron chi connectivity index (χ1n) is 8.82. The summed E-state index contributed by atoms with van der Waals surface area (Å²) in [6, 6.07) is 0.726. The molecule has 118 valence electrons. The van der Waals surface area contributed by atoms with Crippen LogP contribution in [0, 0.1) is 17.3 Å². The summed E-state index contributed by atoms with van der Waals surface area (Å²) < 4.78 is 0. The van der Waals surface area contributed by atoms with E-state index in [1.165, 1.54) is 58.4 Å². The Balaban J connectivity index is 1.75. The van der Waals surface area contributed by atoms with Gasteiger partial charge in [-0.15, -0.1) is 0 Å². The summed E-state index contributed by atoms with van der Waals surface area (Å²) >= 11 is 0. The first-order chi connectivity index (χ1) is 9.36. The van der Waals surface area contributed by atoms with Gasteiger partial charge in [-0.1, -0.05) is 20.8 Å². The average molecular weight is 280 g/mol. The van der Waals surface area contributed by atoms with Crippen LogP contribution < -0.4 is 0 Å². The Morgan fingerprint density at radius 3 is 2.20 bits per heavy atom. The predicted molar refractivity (Wildman–Crippen MR) is 88.1 cm³/mol. The summed E-state index contributed by atoms with van der Waals surface area (Å²) in [4.78, 5) is 5.42. The molecule has 0 radical (unpaired) electrons. The first kappa shape index (κ1) is 16.3. The molecule has 0 aromatic heterocycles. The molecule has 2 heteroatoms. The van der Waals surface area contributed by atoms with E-state index in [0.29, 0.717) is 5.41 Å². The van der Waals surface area contributed by atoms with Crippen LogP contribution >= 0.6 is 0 Å². The summed E-state index contributed by atoms with van der Waals surface area (Å²) in [5, 5.41) is 0. The van der Waals surface area contributed by atoms with Crippen molar-refractivity contribution in [1.82, 2.24) is 9.80 Å². The fraction of sp³-hybridized carbons (Fsp3) is 1.00. The van der Waals surface area contributed by atoms with Gasteiger partial charge in [-0.2, -0.15) is 0 Å². The van der Waals surface area contributed by atoms with Crippen molar-refractivity contribution < 1.29 is 0 Å². The zero-order chi connectivity index (χ0) is 14.8. The molecular weight excluding hydrogens is 244 g/mol. The molecule has 0 bridgehead atoms. The van der Waals surface area contributed by atoms with Gasteiger partial charge < -0.3 is 9.80 Å². The number of hydrogen-bond acceptors (Lipinski definition) is 2. The van der Waals surface area contributed by atoms with Crippen LogP contribution in [0.2, 0.25) is 0 Å². The maximum absolute atomic E-state index is 2.75. The molecule has 2 saturated heterocycles. The Kier molecular flexibility index (Phi) is 5.53. The Hall–Kier alpha value is -0.0800. The minimum absolute atomic E-state index is 0.505. The molecule has 2 aliphatic heterocycles. The summed E-state index contributed by atoms with van der Waals surface area (Å²) in [6.07, 6.45) is 5.66. The van der Waals surface area contributed by atoms with Gasteiger partial charge in [-0.05, 0) is 76.4 Å². The Morgan fingerprint density at radius 1 is 1.00 bits per heavy atom. The van der Waals surface area contributed by atoms with Crippen molar-refractivity contribution in [3.8, 4) is 0 Å².